The molecule has 0 radical (unpaired) electrons. The largest absolute Gasteiger partial charge is 0.481 e. The second-order valence-electron chi connectivity index (χ2n) is 4.27. The van der Waals surface area contributed by atoms with Crippen LogP contribution in [0.15, 0.2) is 18.3 Å². The van der Waals surface area contributed by atoms with Crippen LogP contribution in [0.5, 0.6) is 5.88 Å². The Kier molecular flexibility index (Phi) is 3.94. The van der Waals surface area contributed by atoms with Gasteiger partial charge in [0.1, 0.15) is 6.10 Å². The third-order valence-corrected chi connectivity index (χ3v) is 2.77. The van der Waals surface area contributed by atoms with Gasteiger partial charge in [-0.3, -0.25) is 0 Å². The zero-order valence-electron chi connectivity index (χ0n) is 10.4. The molecule has 0 bridgehead atoms. The van der Waals surface area contributed by atoms with Gasteiger partial charge in [0.2, 0.25) is 5.88 Å². The minimum Gasteiger partial charge on any atom is -0.481 e. The van der Waals surface area contributed by atoms with E-state index in [4.69, 9.17) is 4.74 Å². The first-order valence-corrected chi connectivity index (χ1v) is 5.80. The fourth-order valence-electron chi connectivity index (χ4n) is 1.81. The predicted molar refractivity (Wildman–Crippen MR) is 61.9 cm³/mol. The van der Waals surface area contributed by atoms with Gasteiger partial charge in [-0.2, -0.15) is 8.78 Å². The normalized spacial score (nSPS) is 21.2. The monoisotopic (exact) mass is 272 g/mol. The highest BCUT2D eigenvalue weighted by molar-refractivity contribution is 5.79. The predicted octanol–water partition coefficient (Wildman–Crippen LogP) is 1.13. The summed E-state index contributed by atoms with van der Waals surface area (Å²) in [6.07, 6.45) is 0.240. The van der Waals surface area contributed by atoms with Crippen LogP contribution in [0.2, 0.25) is 0 Å². The van der Waals surface area contributed by atoms with Gasteiger partial charge in [0, 0.05) is 25.4 Å². The first-order valence-electron chi connectivity index (χ1n) is 5.80. The van der Waals surface area contributed by atoms with Gasteiger partial charge in [-0.25, -0.2) is 9.78 Å². The van der Waals surface area contributed by atoms with E-state index in [-0.39, 0.29) is 6.54 Å². The van der Waals surface area contributed by atoms with Crippen molar-refractivity contribution < 1.29 is 23.0 Å². The maximum atomic E-state index is 12.9. The molecule has 0 aliphatic carbocycles. The van der Waals surface area contributed by atoms with E-state index >= 15 is 0 Å². The highest BCUT2D eigenvalue weighted by atomic mass is 19.3. The molecule has 1 aromatic rings. The number of nitrogens with zero attached hydrogens (tertiary/aromatic N) is 1. The summed E-state index contributed by atoms with van der Waals surface area (Å²) < 4.78 is 35.4. The van der Waals surface area contributed by atoms with Crippen LogP contribution >= 0.6 is 0 Å². The molecule has 0 spiro atoms. The molecule has 1 N–H and O–H groups in total. The van der Waals surface area contributed by atoms with E-state index in [9.17, 15) is 13.6 Å². The molecule has 1 aromatic heterocycles. The molecule has 19 heavy (non-hydrogen) atoms. The van der Waals surface area contributed by atoms with Gasteiger partial charge in [0.15, 0.2) is 0 Å². The summed E-state index contributed by atoms with van der Waals surface area (Å²) in [6.45, 7) is 0.643. The van der Waals surface area contributed by atoms with Crippen molar-refractivity contribution in [2.75, 3.05) is 13.7 Å². The maximum absolute atomic E-state index is 12.9. The molecule has 2 rings (SSSR count). The lowest BCUT2D eigenvalue weighted by Crippen LogP contribution is -2.26. The van der Waals surface area contributed by atoms with Crippen molar-refractivity contribution in [3.63, 3.8) is 0 Å². The number of cyclic esters (lactones) is 1. The molecule has 0 aromatic carbocycles. The zero-order chi connectivity index (χ0) is 13.9. The molecule has 2 heterocycles. The first kappa shape index (κ1) is 13.7. The van der Waals surface area contributed by atoms with E-state index in [1.54, 1.807) is 18.3 Å². The number of halogens is 2. The number of nitrogens with one attached hydrogen (secondary N) is 1. The molecule has 0 amide bonds. The summed E-state index contributed by atoms with van der Waals surface area (Å²) in [6, 6.07) is 3.52. The number of hydrogen-bond donors (Lipinski definition) is 1. The van der Waals surface area contributed by atoms with E-state index < -0.39 is 24.4 Å². The number of alkyl halides is 2. The van der Waals surface area contributed by atoms with Crippen molar-refractivity contribution in [2.45, 2.75) is 25.0 Å². The van der Waals surface area contributed by atoms with E-state index in [0.29, 0.717) is 12.4 Å². The van der Waals surface area contributed by atoms with Crippen LogP contribution in [0.4, 0.5) is 8.78 Å². The Labute approximate surface area is 108 Å². The molecule has 104 valence electrons. The quantitative estimate of drug-likeness (QED) is 0.814. The number of carbonyl (C=O) groups is 1. The van der Waals surface area contributed by atoms with E-state index in [1.165, 1.54) is 7.11 Å². The molecule has 1 fully saturated rings. The zero-order valence-corrected chi connectivity index (χ0v) is 10.4. The van der Waals surface area contributed by atoms with Crippen molar-refractivity contribution in [3.05, 3.63) is 23.9 Å². The Morgan fingerprint density at radius 2 is 2.42 bits per heavy atom. The van der Waals surface area contributed by atoms with Crippen LogP contribution < -0.4 is 10.1 Å². The van der Waals surface area contributed by atoms with Crippen LogP contribution in [0.25, 0.3) is 0 Å². The average Bonchev–Trinajstić information content (AvgIpc) is 2.63. The summed E-state index contributed by atoms with van der Waals surface area (Å²) in [5.74, 6) is -4.31. The second-order valence-corrected chi connectivity index (χ2v) is 4.27. The van der Waals surface area contributed by atoms with Crippen LogP contribution in [-0.4, -0.2) is 36.6 Å². The van der Waals surface area contributed by atoms with Crippen LogP contribution in [-0.2, 0) is 16.1 Å². The van der Waals surface area contributed by atoms with E-state index in [1.807, 2.05) is 0 Å². The van der Waals surface area contributed by atoms with Crippen molar-refractivity contribution in [1.29, 1.82) is 0 Å². The smallest absolute Gasteiger partial charge is 0.377 e. The lowest BCUT2D eigenvalue weighted by Gasteiger charge is -2.10. The van der Waals surface area contributed by atoms with E-state index in [2.05, 4.69) is 15.0 Å². The van der Waals surface area contributed by atoms with Crippen LogP contribution in [0, 0.1) is 0 Å². The molecule has 1 unspecified atom stereocenters. The summed E-state index contributed by atoms with van der Waals surface area (Å²) in [5, 5.41) is 2.96. The summed E-state index contributed by atoms with van der Waals surface area (Å²) in [5.41, 5.74) is 0.905. The van der Waals surface area contributed by atoms with Gasteiger partial charge in [0.05, 0.1) is 13.5 Å². The topological polar surface area (TPSA) is 60.5 Å². The molecule has 7 heteroatoms. The minimum absolute atomic E-state index is 0.186. The second kappa shape index (κ2) is 5.48. The molecular formula is C12H14F2N2O3. The number of carbonyl (C=O) groups excluding carboxylic acids is 1. The van der Waals surface area contributed by atoms with Gasteiger partial charge in [-0.15, -0.1) is 0 Å². The number of methoxy groups -OCH3 is 1. The number of pyridine rings is 1. The first-order chi connectivity index (χ1) is 9.01. The minimum atomic E-state index is -3.35. The Balaban J connectivity index is 1.79. The van der Waals surface area contributed by atoms with E-state index in [0.717, 1.165) is 5.56 Å². The Hall–Kier alpha value is -1.76. The number of ether oxygens (including phenoxy) is 2. The lowest BCUT2D eigenvalue weighted by atomic mass is 10.2. The molecule has 1 aliphatic rings. The fourth-order valence-corrected chi connectivity index (χ4v) is 1.81. The molecule has 1 aliphatic heterocycles. The molecular weight excluding hydrogens is 258 g/mol. The van der Waals surface area contributed by atoms with Crippen LogP contribution in [0.3, 0.4) is 0 Å². The summed E-state index contributed by atoms with van der Waals surface area (Å²) in [4.78, 5) is 14.8. The van der Waals surface area contributed by atoms with Gasteiger partial charge in [0.25, 0.3) is 0 Å². The molecule has 1 saturated heterocycles. The number of rotatable bonds is 5. The third-order valence-electron chi connectivity index (χ3n) is 2.77. The third kappa shape index (κ3) is 3.37. The Morgan fingerprint density at radius 3 is 3.05 bits per heavy atom. The summed E-state index contributed by atoms with van der Waals surface area (Å²) >= 11 is 0. The lowest BCUT2D eigenvalue weighted by molar-refractivity contribution is -0.159. The van der Waals surface area contributed by atoms with Gasteiger partial charge in [-0.1, -0.05) is 0 Å². The molecule has 0 saturated carbocycles. The Morgan fingerprint density at radius 1 is 1.63 bits per heavy atom. The SMILES string of the molecule is COc1cc(CNCC2CC(F)(F)C(=O)O2)ccn1. The van der Waals surface area contributed by atoms with Crippen molar-refractivity contribution >= 4 is 5.97 Å². The van der Waals surface area contributed by atoms with Crippen molar-refractivity contribution in [1.82, 2.24) is 10.3 Å². The standard InChI is InChI=1S/C12H14F2N2O3/c1-18-10-4-8(2-3-16-10)6-15-7-9-5-12(13,14)11(17)19-9/h2-4,9,15H,5-7H2,1H3. The molecule has 1 atom stereocenters. The Bertz CT molecular complexity index is 468. The maximum Gasteiger partial charge on any atom is 0.377 e. The summed E-state index contributed by atoms with van der Waals surface area (Å²) in [7, 11) is 1.51. The highest BCUT2D eigenvalue weighted by Crippen LogP contribution is 2.30. The van der Waals surface area contributed by atoms with Gasteiger partial charge in [-0.05, 0) is 11.6 Å². The fraction of sp³-hybridized carbons (Fsp3) is 0.500. The molecule has 5 nitrogen and oxygen atoms in total. The number of hydrogen-bond acceptors (Lipinski definition) is 5. The van der Waals surface area contributed by atoms with Crippen molar-refractivity contribution in [2.24, 2.45) is 0 Å². The van der Waals surface area contributed by atoms with Gasteiger partial charge >= 0.3 is 11.9 Å². The number of aromatic nitrogens is 1. The number of esters is 1. The highest BCUT2D eigenvalue weighted by Gasteiger charge is 2.50. The van der Waals surface area contributed by atoms with Gasteiger partial charge < -0.3 is 14.8 Å². The average molecular weight is 272 g/mol. The van der Waals surface area contributed by atoms with Crippen molar-refractivity contribution in [3.8, 4) is 5.88 Å². The van der Waals surface area contributed by atoms with Crippen LogP contribution in [0.1, 0.15) is 12.0 Å².